The summed E-state index contributed by atoms with van der Waals surface area (Å²) in [6.07, 6.45) is 5.62. The molecule has 19 heavy (non-hydrogen) atoms. The molecule has 2 N–H and O–H groups in total. The number of aromatic amines is 1. The lowest BCUT2D eigenvalue weighted by Crippen LogP contribution is -2.23. The van der Waals surface area contributed by atoms with E-state index >= 15 is 0 Å². The average Bonchev–Trinajstić information content (AvgIpc) is 2.97. The number of hydrogen-bond acceptors (Lipinski definition) is 3. The summed E-state index contributed by atoms with van der Waals surface area (Å²) in [7, 11) is 1.69. The zero-order valence-corrected chi connectivity index (χ0v) is 11.5. The van der Waals surface area contributed by atoms with Gasteiger partial charge in [0.15, 0.2) is 0 Å². The Bertz CT molecular complexity index is 465. The summed E-state index contributed by atoms with van der Waals surface area (Å²) >= 11 is 0. The Balaban J connectivity index is 1.88. The van der Waals surface area contributed by atoms with E-state index < -0.39 is 0 Å². The molecule has 102 valence electrons. The Hall–Kier alpha value is -1.81. The number of methoxy groups -OCH3 is 1. The molecule has 2 rings (SSSR count). The first kappa shape index (κ1) is 13.6. The summed E-state index contributed by atoms with van der Waals surface area (Å²) in [6, 6.07) is 8.62. The molecular weight excluding hydrogens is 238 g/mol. The summed E-state index contributed by atoms with van der Waals surface area (Å²) in [5.41, 5.74) is 1.29. The van der Waals surface area contributed by atoms with E-state index in [0.717, 1.165) is 31.0 Å². The molecule has 0 saturated carbocycles. The van der Waals surface area contributed by atoms with Crippen molar-refractivity contribution in [2.45, 2.75) is 25.8 Å². The first-order valence-electron chi connectivity index (χ1n) is 6.69. The van der Waals surface area contributed by atoms with Crippen molar-refractivity contribution in [1.82, 2.24) is 15.3 Å². The van der Waals surface area contributed by atoms with Crippen LogP contribution >= 0.6 is 0 Å². The fourth-order valence-electron chi connectivity index (χ4n) is 2.13. The number of aromatic nitrogens is 2. The lowest BCUT2D eigenvalue weighted by atomic mass is 10.0. The molecule has 0 radical (unpaired) electrons. The van der Waals surface area contributed by atoms with E-state index in [1.54, 1.807) is 13.3 Å². The van der Waals surface area contributed by atoms with Gasteiger partial charge in [-0.1, -0.05) is 19.1 Å². The second-order valence-corrected chi connectivity index (χ2v) is 4.47. The van der Waals surface area contributed by atoms with Crippen LogP contribution in [0.25, 0.3) is 0 Å². The maximum absolute atomic E-state index is 5.18. The van der Waals surface area contributed by atoms with Gasteiger partial charge in [0.25, 0.3) is 0 Å². The first-order chi connectivity index (χ1) is 9.33. The van der Waals surface area contributed by atoms with Crippen molar-refractivity contribution in [3.05, 3.63) is 48.0 Å². The standard InChI is InChI=1S/C15H21N3O/c1-3-14(12-4-6-13(19-2)7-5-12)16-9-8-15-17-10-11-18-15/h4-7,10-11,14,16H,3,8-9H2,1-2H3,(H,17,18). The first-order valence-corrected chi connectivity index (χ1v) is 6.69. The fraction of sp³-hybridized carbons (Fsp3) is 0.400. The molecule has 1 aromatic carbocycles. The predicted molar refractivity (Wildman–Crippen MR) is 76.3 cm³/mol. The topological polar surface area (TPSA) is 49.9 Å². The zero-order chi connectivity index (χ0) is 13.5. The third-order valence-corrected chi connectivity index (χ3v) is 3.23. The van der Waals surface area contributed by atoms with Gasteiger partial charge >= 0.3 is 0 Å². The quantitative estimate of drug-likeness (QED) is 0.803. The molecule has 2 aromatic rings. The molecule has 0 spiro atoms. The summed E-state index contributed by atoms with van der Waals surface area (Å²) in [6.45, 7) is 3.10. The van der Waals surface area contributed by atoms with Gasteiger partial charge in [-0.25, -0.2) is 4.98 Å². The minimum absolute atomic E-state index is 0.376. The van der Waals surface area contributed by atoms with Crippen molar-refractivity contribution in [2.24, 2.45) is 0 Å². The molecule has 0 aliphatic rings. The van der Waals surface area contributed by atoms with Gasteiger partial charge in [-0.15, -0.1) is 0 Å². The van der Waals surface area contributed by atoms with Gasteiger partial charge in [-0.2, -0.15) is 0 Å². The monoisotopic (exact) mass is 259 g/mol. The maximum Gasteiger partial charge on any atom is 0.118 e. The van der Waals surface area contributed by atoms with E-state index in [4.69, 9.17) is 4.74 Å². The van der Waals surface area contributed by atoms with Crippen LogP contribution in [0.3, 0.4) is 0 Å². The van der Waals surface area contributed by atoms with E-state index in [1.807, 2.05) is 18.3 Å². The van der Waals surface area contributed by atoms with Crippen LogP contribution in [0.5, 0.6) is 5.75 Å². The largest absolute Gasteiger partial charge is 0.497 e. The molecule has 1 unspecified atom stereocenters. The highest BCUT2D eigenvalue weighted by Gasteiger charge is 2.08. The second kappa shape index (κ2) is 6.95. The van der Waals surface area contributed by atoms with Crippen molar-refractivity contribution >= 4 is 0 Å². The average molecular weight is 259 g/mol. The van der Waals surface area contributed by atoms with Gasteiger partial charge in [-0.05, 0) is 24.1 Å². The Morgan fingerprint density at radius 3 is 2.68 bits per heavy atom. The Morgan fingerprint density at radius 1 is 1.32 bits per heavy atom. The van der Waals surface area contributed by atoms with Crippen LogP contribution in [0.4, 0.5) is 0 Å². The van der Waals surface area contributed by atoms with E-state index in [0.29, 0.717) is 6.04 Å². The summed E-state index contributed by atoms with van der Waals surface area (Å²) < 4.78 is 5.18. The lowest BCUT2D eigenvalue weighted by molar-refractivity contribution is 0.414. The molecule has 0 aliphatic heterocycles. The number of nitrogens with zero attached hydrogens (tertiary/aromatic N) is 1. The number of nitrogens with one attached hydrogen (secondary N) is 2. The highest BCUT2D eigenvalue weighted by atomic mass is 16.5. The van der Waals surface area contributed by atoms with Crippen molar-refractivity contribution in [3.63, 3.8) is 0 Å². The normalized spacial score (nSPS) is 12.3. The van der Waals surface area contributed by atoms with Crippen LogP contribution in [-0.4, -0.2) is 23.6 Å². The molecule has 1 atom stereocenters. The summed E-state index contributed by atoms with van der Waals surface area (Å²) in [5, 5.41) is 3.56. The van der Waals surface area contributed by atoms with Crippen LogP contribution in [0.15, 0.2) is 36.7 Å². The molecule has 0 fully saturated rings. The Morgan fingerprint density at radius 2 is 2.11 bits per heavy atom. The van der Waals surface area contributed by atoms with E-state index in [9.17, 15) is 0 Å². The van der Waals surface area contributed by atoms with Gasteiger partial charge in [-0.3, -0.25) is 0 Å². The van der Waals surface area contributed by atoms with Gasteiger partial charge in [0.1, 0.15) is 11.6 Å². The van der Waals surface area contributed by atoms with Crippen molar-refractivity contribution in [2.75, 3.05) is 13.7 Å². The summed E-state index contributed by atoms with van der Waals surface area (Å²) in [5.74, 6) is 1.92. The molecule has 0 bridgehead atoms. The summed E-state index contributed by atoms with van der Waals surface area (Å²) in [4.78, 5) is 7.34. The Labute approximate surface area is 114 Å². The van der Waals surface area contributed by atoms with E-state index in [1.165, 1.54) is 5.56 Å². The molecule has 1 aromatic heterocycles. The van der Waals surface area contributed by atoms with Gasteiger partial charge in [0.2, 0.25) is 0 Å². The van der Waals surface area contributed by atoms with Crippen LogP contribution < -0.4 is 10.1 Å². The molecule has 0 aliphatic carbocycles. The third-order valence-electron chi connectivity index (χ3n) is 3.23. The van der Waals surface area contributed by atoms with Crippen molar-refractivity contribution < 1.29 is 4.74 Å². The van der Waals surface area contributed by atoms with Gasteiger partial charge < -0.3 is 15.0 Å². The minimum Gasteiger partial charge on any atom is -0.497 e. The van der Waals surface area contributed by atoms with Crippen molar-refractivity contribution in [1.29, 1.82) is 0 Å². The highest BCUT2D eigenvalue weighted by Crippen LogP contribution is 2.19. The fourth-order valence-corrected chi connectivity index (χ4v) is 2.13. The van der Waals surface area contributed by atoms with Gasteiger partial charge in [0, 0.05) is 31.4 Å². The number of imidazole rings is 1. The number of ether oxygens (including phenoxy) is 1. The number of rotatable bonds is 7. The second-order valence-electron chi connectivity index (χ2n) is 4.47. The maximum atomic E-state index is 5.18. The number of benzene rings is 1. The minimum atomic E-state index is 0.376. The van der Waals surface area contributed by atoms with Crippen LogP contribution in [0, 0.1) is 0 Å². The highest BCUT2D eigenvalue weighted by molar-refractivity contribution is 5.29. The Kier molecular flexibility index (Phi) is 4.98. The van der Waals surface area contributed by atoms with Crippen LogP contribution in [-0.2, 0) is 6.42 Å². The van der Waals surface area contributed by atoms with Gasteiger partial charge in [0.05, 0.1) is 7.11 Å². The zero-order valence-electron chi connectivity index (χ0n) is 11.5. The molecule has 4 nitrogen and oxygen atoms in total. The molecule has 1 heterocycles. The predicted octanol–water partition coefficient (Wildman–Crippen LogP) is 2.70. The van der Waals surface area contributed by atoms with Crippen LogP contribution in [0.2, 0.25) is 0 Å². The van der Waals surface area contributed by atoms with Crippen LogP contribution in [0.1, 0.15) is 30.8 Å². The smallest absolute Gasteiger partial charge is 0.118 e. The SMILES string of the molecule is CCC(NCCc1ncc[nH]1)c1ccc(OC)cc1. The molecule has 0 amide bonds. The number of H-pyrrole nitrogens is 1. The third kappa shape index (κ3) is 3.83. The molecule has 4 heteroatoms. The van der Waals surface area contributed by atoms with E-state index in [-0.39, 0.29) is 0 Å². The molecule has 0 saturated heterocycles. The van der Waals surface area contributed by atoms with Crippen molar-refractivity contribution in [3.8, 4) is 5.75 Å². The molecular formula is C15H21N3O. The number of hydrogen-bond donors (Lipinski definition) is 2. The van der Waals surface area contributed by atoms with E-state index in [2.05, 4.69) is 34.3 Å². The lowest BCUT2D eigenvalue weighted by Gasteiger charge is -2.17.